The van der Waals surface area contributed by atoms with Crippen molar-refractivity contribution >= 4 is 5.91 Å². The number of carbonyl (C=O) groups is 1. The van der Waals surface area contributed by atoms with Crippen LogP contribution in [0.2, 0.25) is 0 Å². The Bertz CT molecular complexity index is 803. The van der Waals surface area contributed by atoms with Crippen LogP contribution in [-0.2, 0) is 17.6 Å². The van der Waals surface area contributed by atoms with E-state index in [-0.39, 0.29) is 18.6 Å². The SMILES string of the molecule is COc1ccc(OC)c([C@@H](C)NC(=O)COc2ccc3c(c2)CCCC3)c1. The van der Waals surface area contributed by atoms with Gasteiger partial charge in [-0.05, 0) is 74.1 Å². The second-order valence-corrected chi connectivity index (χ2v) is 6.82. The molecule has 0 spiro atoms. The van der Waals surface area contributed by atoms with Gasteiger partial charge in [-0.3, -0.25) is 4.79 Å². The van der Waals surface area contributed by atoms with Gasteiger partial charge in [-0.25, -0.2) is 0 Å². The summed E-state index contributed by atoms with van der Waals surface area (Å²) >= 11 is 0. The van der Waals surface area contributed by atoms with Gasteiger partial charge in [-0.2, -0.15) is 0 Å². The highest BCUT2D eigenvalue weighted by atomic mass is 16.5. The number of amides is 1. The molecule has 0 saturated carbocycles. The van der Waals surface area contributed by atoms with E-state index in [1.165, 1.54) is 24.0 Å². The minimum Gasteiger partial charge on any atom is -0.497 e. The lowest BCUT2D eigenvalue weighted by atomic mass is 9.92. The summed E-state index contributed by atoms with van der Waals surface area (Å²) in [5.74, 6) is 2.00. The number of hydrogen-bond donors (Lipinski definition) is 1. The number of rotatable bonds is 7. The normalized spacial score (nSPS) is 14.0. The number of fused-ring (bicyclic) bond motifs is 1. The Labute approximate surface area is 160 Å². The molecule has 3 rings (SSSR count). The van der Waals surface area contributed by atoms with Crippen LogP contribution < -0.4 is 19.5 Å². The van der Waals surface area contributed by atoms with Crippen LogP contribution in [0, 0.1) is 0 Å². The summed E-state index contributed by atoms with van der Waals surface area (Å²) in [6.07, 6.45) is 4.69. The van der Waals surface area contributed by atoms with Gasteiger partial charge >= 0.3 is 0 Å². The summed E-state index contributed by atoms with van der Waals surface area (Å²) in [5, 5.41) is 2.96. The third kappa shape index (κ3) is 4.73. The van der Waals surface area contributed by atoms with Crippen LogP contribution in [0.4, 0.5) is 0 Å². The van der Waals surface area contributed by atoms with Crippen molar-refractivity contribution in [3.05, 3.63) is 53.1 Å². The van der Waals surface area contributed by atoms with E-state index in [9.17, 15) is 4.79 Å². The predicted octanol–water partition coefficient (Wildman–Crippen LogP) is 3.84. The number of ether oxygens (including phenoxy) is 3. The van der Waals surface area contributed by atoms with E-state index in [1.54, 1.807) is 14.2 Å². The smallest absolute Gasteiger partial charge is 0.258 e. The minimum absolute atomic E-state index is 0.0184. The molecule has 2 aromatic rings. The first-order valence-electron chi connectivity index (χ1n) is 9.36. The third-order valence-corrected chi connectivity index (χ3v) is 4.97. The molecular weight excluding hydrogens is 342 g/mol. The van der Waals surface area contributed by atoms with Gasteiger partial charge in [0.1, 0.15) is 17.2 Å². The first-order chi connectivity index (χ1) is 13.1. The highest BCUT2D eigenvalue weighted by molar-refractivity contribution is 5.78. The van der Waals surface area contributed by atoms with E-state index in [4.69, 9.17) is 14.2 Å². The number of carbonyl (C=O) groups excluding carboxylic acids is 1. The van der Waals surface area contributed by atoms with Crippen molar-refractivity contribution in [2.75, 3.05) is 20.8 Å². The third-order valence-electron chi connectivity index (χ3n) is 4.97. The molecule has 0 radical (unpaired) electrons. The summed E-state index contributed by atoms with van der Waals surface area (Å²) in [6, 6.07) is 11.4. The molecular formula is C22H27NO4. The summed E-state index contributed by atoms with van der Waals surface area (Å²) < 4.78 is 16.4. The van der Waals surface area contributed by atoms with Gasteiger partial charge in [0, 0.05) is 5.56 Å². The van der Waals surface area contributed by atoms with Crippen LogP contribution in [0.15, 0.2) is 36.4 Å². The highest BCUT2D eigenvalue weighted by Gasteiger charge is 2.16. The molecule has 0 unspecified atom stereocenters. The number of benzene rings is 2. The zero-order chi connectivity index (χ0) is 19.2. The van der Waals surface area contributed by atoms with Crippen LogP contribution in [0.5, 0.6) is 17.2 Å². The summed E-state index contributed by atoms with van der Waals surface area (Å²) in [4.78, 5) is 12.3. The molecule has 5 heteroatoms. The van der Waals surface area contributed by atoms with Gasteiger partial charge < -0.3 is 19.5 Å². The molecule has 0 bridgehead atoms. The van der Waals surface area contributed by atoms with Crippen molar-refractivity contribution in [1.29, 1.82) is 0 Å². The molecule has 1 aliphatic carbocycles. The van der Waals surface area contributed by atoms with Gasteiger partial charge in [0.05, 0.1) is 20.3 Å². The zero-order valence-corrected chi connectivity index (χ0v) is 16.2. The van der Waals surface area contributed by atoms with E-state index in [2.05, 4.69) is 17.4 Å². The molecule has 0 aromatic heterocycles. The Morgan fingerprint density at radius 1 is 1.00 bits per heavy atom. The molecule has 1 N–H and O–H groups in total. The molecule has 0 fully saturated rings. The van der Waals surface area contributed by atoms with Gasteiger partial charge in [-0.1, -0.05) is 6.07 Å². The van der Waals surface area contributed by atoms with Crippen LogP contribution in [0.25, 0.3) is 0 Å². The predicted molar refractivity (Wildman–Crippen MR) is 105 cm³/mol. The topological polar surface area (TPSA) is 56.8 Å². The molecule has 144 valence electrons. The average Bonchev–Trinajstić information content (AvgIpc) is 2.71. The maximum Gasteiger partial charge on any atom is 0.258 e. The lowest BCUT2D eigenvalue weighted by Crippen LogP contribution is -2.31. The Morgan fingerprint density at radius 3 is 2.48 bits per heavy atom. The van der Waals surface area contributed by atoms with Crippen molar-refractivity contribution < 1.29 is 19.0 Å². The van der Waals surface area contributed by atoms with Crippen molar-refractivity contribution in [3.63, 3.8) is 0 Å². The molecule has 1 atom stereocenters. The molecule has 0 aliphatic heterocycles. The zero-order valence-electron chi connectivity index (χ0n) is 16.2. The van der Waals surface area contributed by atoms with Crippen LogP contribution in [0.1, 0.15) is 42.5 Å². The van der Waals surface area contributed by atoms with Gasteiger partial charge in [0.25, 0.3) is 5.91 Å². The number of nitrogens with one attached hydrogen (secondary N) is 1. The molecule has 5 nitrogen and oxygen atoms in total. The largest absolute Gasteiger partial charge is 0.497 e. The molecule has 1 amide bonds. The lowest BCUT2D eigenvalue weighted by Gasteiger charge is -2.19. The highest BCUT2D eigenvalue weighted by Crippen LogP contribution is 2.29. The fourth-order valence-electron chi connectivity index (χ4n) is 3.49. The standard InChI is InChI=1S/C22H27NO4/c1-15(20-13-18(25-2)10-11-21(20)26-3)23-22(24)14-27-19-9-8-16-6-4-5-7-17(16)12-19/h8-13,15H,4-7,14H2,1-3H3,(H,23,24)/t15-/m1/s1. The number of methoxy groups -OCH3 is 2. The van der Waals surface area contributed by atoms with Crippen LogP contribution in [0.3, 0.4) is 0 Å². The second-order valence-electron chi connectivity index (χ2n) is 6.82. The minimum atomic E-state index is -0.227. The first kappa shape index (κ1) is 19.1. The van der Waals surface area contributed by atoms with E-state index < -0.39 is 0 Å². The Kier molecular flexibility index (Phi) is 6.22. The van der Waals surface area contributed by atoms with Gasteiger partial charge in [0.15, 0.2) is 6.61 Å². The molecule has 27 heavy (non-hydrogen) atoms. The van der Waals surface area contributed by atoms with Gasteiger partial charge in [0.2, 0.25) is 0 Å². The molecule has 2 aromatic carbocycles. The monoisotopic (exact) mass is 369 g/mol. The Morgan fingerprint density at radius 2 is 1.74 bits per heavy atom. The first-order valence-corrected chi connectivity index (χ1v) is 9.36. The maximum atomic E-state index is 12.3. The fraction of sp³-hybridized carbons (Fsp3) is 0.409. The van der Waals surface area contributed by atoms with E-state index in [0.29, 0.717) is 5.75 Å². The van der Waals surface area contributed by atoms with Gasteiger partial charge in [-0.15, -0.1) is 0 Å². The van der Waals surface area contributed by atoms with E-state index >= 15 is 0 Å². The second kappa shape index (κ2) is 8.80. The summed E-state index contributed by atoms with van der Waals surface area (Å²) in [6.45, 7) is 1.89. The lowest BCUT2D eigenvalue weighted by molar-refractivity contribution is -0.123. The Hall–Kier alpha value is -2.69. The van der Waals surface area contributed by atoms with Crippen LogP contribution in [-0.4, -0.2) is 26.7 Å². The maximum absolute atomic E-state index is 12.3. The van der Waals surface area contributed by atoms with E-state index in [1.807, 2.05) is 31.2 Å². The van der Waals surface area contributed by atoms with Crippen molar-refractivity contribution in [2.24, 2.45) is 0 Å². The van der Waals surface area contributed by atoms with Crippen molar-refractivity contribution in [2.45, 2.75) is 38.6 Å². The van der Waals surface area contributed by atoms with Crippen molar-refractivity contribution in [3.8, 4) is 17.2 Å². The summed E-state index contributed by atoms with van der Waals surface area (Å²) in [7, 11) is 3.22. The van der Waals surface area contributed by atoms with Crippen molar-refractivity contribution in [1.82, 2.24) is 5.32 Å². The Balaban J connectivity index is 1.59. The molecule has 1 aliphatic rings. The van der Waals surface area contributed by atoms with E-state index in [0.717, 1.165) is 29.9 Å². The quantitative estimate of drug-likeness (QED) is 0.806. The molecule has 0 saturated heterocycles. The number of hydrogen-bond acceptors (Lipinski definition) is 4. The average molecular weight is 369 g/mol. The number of aryl methyl sites for hydroxylation is 2. The molecule has 0 heterocycles. The summed E-state index contributed by atoms with van der Waals surface area (Å²) in [5.41, 5.74) is 3.60. The fourth-order valence-corrected chi connectivity index (χ4v) is 3.49. The van der Waals surface area contributed by atoms with Crippen LogP contribution >= 0.6 is 0 Å².